The lowest BCUT2D eigenvalue weighted by molar-refractivity contribution is -0.167. The summed E-state index contributed by atoms with van der Waals surface area (Å²) in [5.74, 6) is -0.903. The minimum atomic E-state index is -0.789. The second-order valence-electron chi connectivity index (χ2n) is 20.6. The van der Waals surface area contributed by atoms with Crippen LogP contribution in [0.5, 0.6) is 0 Å². The van der Waals surface area contributed by atoms with Crippen molar-refractivity contribution in [2.75, 3.05) is 13.2 Å². The quantitative estimate of drug-likeness (QED) is 0.0261. The summed E-state index contributed by atoms with van der Waals surface area (Å²) in [5, 5.41) is 0. The lowest BCUT2D eigenvalue weighted by Crippen LogP contribution is -2.30. The highest BCUT2D eigenvalue weighted by atomic mass is 16.6. The lowest BCUT2D eigenvalue weighted by atomic mass is 10.1. The fourth-order valence-corrected chi connectivity index (χ4v) is 8.52. The van der Waals surface area contributed by atoms with E-state index in [1.165, 1.54) is 135 Å². The molecule has 0 fully saturated rings. The van der Waals surface area contributed by atoms with Crippen molar-refractivity contribution in [2.24, 2.45) is 0 Å². The molecule has 0 radical (unpaired) electrons. The summed E-state index contributed by atoms with van der Waals surface area (Å²) in [7, 11) is 0. The molecular formula is C69H116O6. The zero-order chi connectivity index (χ0) is 54.3. The predicted molar refractivity (Wildman–Crippen MR) is 325 cm³/mol. The highest BCUT2D eigenvalue weighted by molar-refractivity contribution is 5.71. The Morgan fingerprint density at radius 2 is 0.533 bits per heavy atom. The molecule has 0 bridgehead atoms. The van der Waals surface area contributed by atoms with Gasteiger partial charge in [-0.1, -0.05) is 259 Å². The minimum Gasteiger partial charge on any atom is -0.462 e. The van der Waals surface area contributed by atoms with Crippen LogP contribution in [0.3, 0.4) is 0 Å². The van der Waals surface area contributed by atoms with Crippen LogP contribution in [0.4, 0.5) is 0 Å². The molecular weight excluding hydrogens is 925 g/mol. The molecule has 1 unspecified atom stereocenters. The summed E-state index contributed by atoms with van der Waals surface area (Å²) >= 11 is 0. The molecule has 1 atom stereocenters. The van der Waals surface area contributed by atoms with Crippen molar-refractivity contribution in [3.05, 3.63) is 109 Å². The average molecular weight is 1040 g/mol. The molecule has 6 heteroatoms. The summed E-state index contributed by atoms with van der Waals surface area (Å²) in [6, 6.07) is 0. The summed E-state index contributed by atoms with van der Waals surface area (Å²) in [6.07, 6.45) is 85.2. The molecule has 428 valence electrons. The van der Waals surface area contributed by atoms with Crippen molar-refractivity contribution in [1.82, 2.24) is 0 Å². The van der Waals surface area contributed by atoms with E-state index in [0.717, 1.165) is 116 Å². The van der Waals surface area contributed by atoms with E-state index < -0.39 is 6.10 Å². The van der Waals surface area contributed by atoms with Gasteiger partial charge < -0.3 is 14.2 Å². The molecule has 0 aliphatic heterocycles. The Bertz CT molecular complexity index is 1520. The van der Waals surface area contributed by atoms with Gasteiger partial charge in [0.2, 0.25) is 0 Å². The smallest absolute Gasteiger partial charge is 0.306 e. The number of carbonyl (C=O) groups is 3. The van der Waals surface area contributed by atoms with Crippen LogP contribution >= 0.6 is 0 Å². The SMILES string of the molecule is CC/C=C\C/C=C\C/C=C\C/C=C\C/C=C\C/C=C\CCCCCCCCCCCCC(=O)OCC(COC(=O)CCCCCCC/C=C\CCCC)OC(=O)CCCCCCCCC/C=C\C/C=C\CCCCC. The van der Waals surface area contributed by atoms with Gasteiger partial charge in [-0.25, -0.2) is 0 Å². The largest absolute Gasteiger partial charge is 0.462 e. The normalized spacial score (nSPS) is 12.8. The zero-order valence-corrected chi connectivity index (χ0v) is 49.0. The highest BCUT2D eigenvalue weighted by Crippen LogP contribution is 2.15. The van der Waals surface area contributed by atoms with Gasteiger partial charge in [0.1, 0.15) is 13.2 Å². The fourth-order valence-electron chi connectivity index (χ4n) is 8.52. The van der Waals surface area contributed by atoms with E-state index in [4.69, 9.17) is 14.2 Å². The van der Waals surface area contributed by atoms with E-state index in [1.807, 2.05) is 0 Å². The van der Waals surface area contributed by atoms with Crippen LogP contribution in [0.1, 0.15) is 290 Å². The molecule has 0 aromatic heterocycles. The standard InChI is InChI=1S/C69H116O6/c1-4-7-10-13-16-19-22-24-26-28-29-30-31-32-33-34-35-36-37-38-39-41-42-44-47-50-53-56-59-62-68(71)74-65-66(64-73-67(70)61-58-55-52-49-46-21-18-15-12-9-6-3)75-69(72)63-60-57-54-51-48-45-43-40-27-25-23-20-17-14-11-8-5-2/h7,10,15-20,24-27,29-30,32-33,35-36,66H,4-6,8-9,11-14,21-23,28,31,34,37-65H2,1-3H3/b10-7-,18-15-,19-16-,20-17-,26-24-,27-25-,30-29-,33-32-,36-35-. The number of esters is 3. The number of carbonyl (C=O) groups excluding carboxylic acids is 3. The first-order valence-electron chi connectivity index (χ1n) is 31.4. The van der Waals surface area contributed by atoms with E-state index in [1.54, 1.807) is 0 Å². The van der Waals surface area contributed by atoms with Gasteiger partial charge in [0.25, 0.3) is 0 Å². The van der Waals surface area contributed by atoms with Gasteiger partial charge in [-0.15, -0.1) is 0 Å². The Hall–Kier alpha value is -3.93. The first-order chi connectivity index (χ1) is 37.0. The first kappa shape index (κ1) is 71.1. The van der Waals surface area contributed by atoms with Crippen molar-refractivity contribution < 1.29 is 28.6 Å². The molecule has 0 saturated carbocycles. The van der Waals surface area contributed by atoms with Crippen LogP contribution in [-0.2, 0) is 28.6 Å². The third-order valence-electron chi connectivity index (χ3n) is 13.2. The molecule has 0 aromatic carbocycles. The van der Waals surface area contributed by atoms with E-state index in [-0.39, 0.29) is 31.1 Å². The van der Waals surface area contributed by atoms with Crippen molar-refractivity contribution >= 4 is 17.9 Å². The Morgan fingerprint density at radius 3 is 0.867 bits per heavy atom. The van der Waals surface area contributed by atoms with Gasteiger partial charge in [-0.3, -0.25) is 14.4 Å². The maximum Gasteiger partial charge on any atom is 0.306 e. The van der Waals surface area contributed by atoms with Crippen LogP contribution in [-0.4, -0.2) is 37.2 Å². The van der Waals surface area contributed by atoms with Crippen LogP contribution < -0.4 is 0 Å². The number of ether oxygens (including phenoxy) is 3. The van der Waals surface area contributed by atoms with E-state index >= 15 is 0 Å². The Labute approximate surface area is 463 Å². The van der Waals surface area contributed by atoms with Crippen LogP contribution in [0.2, 0.25) is 0 Å². The van der Waals surface area contributed by atoms with E-state index in [2.05, 4.69) is 130 Å². The summed E-state index contributed by atoms with van der Waals surface area (Å²) in [4.78, 5) is 38.2. The molecule has 0 heterocycles. The molecule has 0 aliphatic rings. The average Bonchev–Trinajstić information content (AvgIpc) is 3.41. The lowest BCUT2D eigenvalue weighted by Gasteiger charge is -2.18. The number of allylic oxidation sites excluding steroid dienone is 18. The Morgan fingerprint density at radius 1 is 0.280 bits per heavy atom. The number of hydrogen-bond donors (Lipinski definition) is 0. The minimum absolute atomic E-state index is 0.0862. The van der Waals surface area contributed by atoms with Crippen molar-refractivity contribution in [3.63, 3.8) is 0 Å². The highest BCUT2D eigenvalue weighted by Gasteiger charge is 2.19. The van der Waals surface area contributed by atoms with E-state index in [9.17, 15) is 14.4 Å². The topological polar surface area (TPSA) is 78.9 Å². The molecule has 0 N–H and O–H groups in total. The monoisotopic (exact) mass is 1040 g/mol. The molecule has 75 heavy (non-hydrogen) atoms. The van der Waals surface area contributed by atoms with Crippen LogP contribution in [0.15, 0.2) is 109 Å². The van der Waals surface area contributed by atoms with Gasteiger partial charge in [-0.2, -0.15) is 0 Å². The van der Waals surface area contributed by atoms with Crippen LogP contribution in [0, 0.1) is 0 Å². The maximum atomic E-state index is 12.9. The third kappa shape index (κ3) is 60.8. The molecule has 0 rings (SSSR count). The first-order valence-corrected chi connectivity index (χ1v) is 31.4. The summed E-state index contributed by atoms with van der Waals surface area (Å²) in [6.45, 7) is 6.46. The molecule has 6 nitrogen and oxygen atoms in total. The van der Waals surface area contributed by atoms with Crippen molar-refractivity contribution in [2.45, 2.75) is 297 Å². The van der Waals surface area contributed by atoms with Crippen molar-refractivity contribution in [3.8, 4) is 0 Å². The Balaban J connectivity index is 4.27. The zero-order valence-electron chi connectivity index (χ0n) is 49.0. The second-order valence-corrected chi connectivity index (χ2v) is 20.6. The Kier molecular flexibility index (Phi) is 59.3. The van der Waals surface area contributed by atoms with E-state index in [0.29, 0.717) is 19.3 Å². The number of unbranched alkanes of at least 4 members (excludes halogenated alkanes) is 27. The summed E-state index contributed by atoms with van der Waals surface area (Å²) < 4.78 is 16.9. The predicted octanol–water partition coefficient (Wildman–Crippen LogP) is 21.4. The molecule has 0 spiro atoms. The summed E-state index contributed by atoms with van der Waals surface area (Å²) in [5.41, 5.74) is 0. The molecule has 0 saturated heterocycles. The van der Waals surface area contributed by atoms with Gasteiger partial charge in [0.05, 0.1) is 0 Å². The number of rotatable bonds is 56. The third-order valence-corrected chi connectivity index (χ3v) is 13.2. The maximum absolute atomic E-state index is 12.9. The molecule has 0 amide bonds. The second kappa shape index (κ2) is 62.6. The van der Waals surface area contributed by atoms with Gasteiger partial charge in [0, 0.05) is 19.3 Å². The fraction of sp³-hybridized carbons (Fsp3) is 0.696. The molecule has 0 aromatic rings. The van der Waals surface area contributed by atoms with Crippen molar-refractivity contribution in [1.29, 1.82) is 0 Å². The van der Waals surface area contributed by atoms with Gasteiger partial charge in [0.15, 0.2) is 6.10 Å². The molecule has 0 aliphatic carbocycles. The van der Waals surface area contributed by atoms with Gasteiger partial charge >= 0.3 is 17.9 Å². The van der Waals surface area contributed by atoms with Crippen LogP contribution in [0.25, 0.3) is 0 Å². The van der Waals surface area contributed by atoms with Gasteiger partial charge in [-0.05, 0) is 122 Å². The number of hydrogen-bond acceptors (Lipinski definition) is 6.